The molecule has 0 aromatic heterocycles. The lowest BCUT2D eigenvalue weighted by Gasteiger charge is -2.60. The zero-order chi connectivity index (χ0) is 38.7. The third-order valence-electron chi connectivity index (χ3n) is 17.8. The van der Waals surface area contributed by atoms with Gasteiger partial charge in [0.05, 0.1) is 0 Å². The zero-order valence-corrected chi connectivity index (χ0v) is 38.7. The fourth-order valence-electron chi connectivity index (χ4n) is 12.5. The minimum Gasteiger partial charge on any atom is -0.0776 e. The highest BCUT2D eigenvalue weighted by atomic mass is 14.6. The van der Waals surface area contributed by atoms with Gasteiger partial charge in [0, 0.05) is 0 Å². The minimum atomic E-state index is 0. The third kappa shape index (κ3) is 13.5. The highest BCUT2D eigenvalue weighted by Gasteiger charge is 2.53. The molecule has 0 aromatic rings. The Kier molecular flexibility index (Phi) is 20.3. The van der Waals surface area contributed by atoms with Crippen LogP contribution in [0.15, 0.2) is 0 Å². The Morgan fingerprint density at radius 2 is 0.463 bits per heavy atom. The van der Waals surface area contributed by atoms with Crippen LogP contribution in [0.25, 0.3) is 0 Å². The van der Waals surface area contributed by atoms with Gasteiger partial charge in [0.15, 0.2) is 0 Å². The average molecular weight is 755 g/mol. The minimum absolute atomic E-state index is 0. The number of rotatable bonds is 9. The van der Waals surface area contributed by atoms with E-state index in [4.69, 9.17) is 0 Å². The fourth-order valence-corrected chi connectivity index (χ4v) is 12.5. The Morgan fingerprint density at radius 1 is 0.259 bits per heavy atom. The van der Waals surface area contributed by atoms with Gasteiger partial charge in [-0.25, -0.2) is 0 Å². The molecule has 0 unspecified atom stereocenters. The molecule has 0 heteroatoms. The monoisotopic (exact) mass is 755 g/mol. The third-order valence-corrected chi connectivity index (χ3v) is 17.8. The second kappa shape index (κ2) is 21.8. The van der Waals surface area contributed by atoms with Crippen molar-refractivity contribution in [2.75, 3.05) is 0 Å². The SMILES string of the molecule is C.C.CC(C)C1CC(C(C)C)C1.CC(C)C1CC(C2CC(C(C)C)C2)C1.CC(C)C1CC2(C1)CC(C(C)C)C2.CC(C)C1CC2CC(C1)CC(C(C)C)C2. The van der Waals surface area contributed by atoms with Crippen LogP contribution in [0.2, 0.25) is 0 Å². The average Bonchev–Trinajstić information content (AvgIpc) is 2.90. The van der Waals surface area contributed by atoms with Crippen molar-refractivity contribution >= 4 is 0 Å². The van der Waals surface area contributed by atoms with E-state index in [-0.39, 0.29) is 14.9 Å². The zero-order valence-electron chi connectivity index (χ0n) is 38.7. The van der Waals surface area contributed by atoms with E-state index in [1.807, 2.05) is 0 Å². The molecule has 7 rings (SSSR count). The maximum atomic E-state index is 2.42. The molecule has 0 amide bonds. The topological polar surface area (TPSA) is 0 Å². The lowest BCUT2D eigenvalue weighted by atomic mass is 9.45. The summed E-state index contributed by atoms with van der Waals surface area (Å²) >= 11 is 0. The van der Waals surface area contributed by atoms with Gasteiger partial charge in [-0.15, -0.1) is 0 Å². The first-order chi connectivity index (χ1) is 24.3. The van der Waals surface area contributed by atoms with Crippen LogP contribution in [0, 0.1) is 124 Å². The van der Waals surface area contributed by atoms with Gasteiger partial charge in [-0.05, 0) is 220 Å². The first-order valence-electron chi connectivity index (χ1n) is 24.3. The van der Waals surface area contributed by atoms with Crippen molar-refractivity contribution in [3.8, 4) is 0 Å². The summed E-state index contributed by atoms with van der Waals surface area (Å²) < 4.78 is 0. The van der Waals surface area contributed by atoms with Gasteiger partial charge in [0.2, 0.25) is 0 Å². The van der Waals surface area contributed by atoms with Gasteiger partial charge in [-0.3, -0.25) is 0 Å². The summed E-state index contributed by atoms with van der Waals surface area (Å²) in [5.41, 5.74) is 0.851. The van der Waals surface area contributed by atoms with Crippen LogP contribution >= 0.6 is 0 Å². The normalized spacial score (nSPS) is 39.1. The van der Waals surface area contributed by atoms with Crippen molar-refractivity contribution < 1.29 is 0 Å². The second-order valence-corrected chi connectivity index (χ2v) is 24.2. The van der Waals surface area contributed by atoms with E-state index in [1.54, 1.807) is 57.8 Å². The molecule has 7 aliphatic carbocycles. The van der Waals surface area contributed by atoms with Crippen molar-refractivity contribution in [3.05, 3.63) is 0 Å². The summed E-state index contributed by atoms with van der Waals surface area (Å²) in [6.45, 7) is 38.2. The fraction of sp³-hybridized carbons (Fsp3) is 1.00. The Balaban J connectivity index is 0.000000248. The van der Waals surface area contributed by atoms with Gasteiger partial charge in [-0.2, -0.15) is 0 Å². The highest BCUT2D eigenvalue weighted by molar-refractivity contribution is 5.04. The Labute approximate surface area is 344 Å². The molecule has 54 heavy (non-hydrogen) atoms. The molecular formula is C54H106. The largest absolute Gasteiger partial charge is 0.0776 e. The summed E-state index contributed by atoms with van der Waals surface area (Å²) in [5.74, 6) is 20.3. The molecule has 0 atom stereocenters. The molecule has 7 fully saturated rings. The standard InChI is InChI=1S/C15H28.C14H26.C13H24.C10H20.2CH4/c1-10(2)14-6-12-5-13(7-14)9-15(8-12)11(3)4;1-9(2)11-5-13(6-11)14-7-12(8-14)10(3)4;1-9(2)11-5-13(6-11)7-12(8-13)10(3)4;1-7(2)9-5-10(6-9)8(3)4;;/h10-15H,5-9H2,1-4H3;9-14H,5-8H2,1-4H3;9-12H,5-8H2,1-4H3;7-10H,5-6H2,1-4H3;2*1H4. The highest BCUT2D eigenvalue weighted by Crippen LogP contribution is 2.64. The van der Waals surface area contributed by atoms with Crippen LogP contribution in [-0.4, -0.2) is 0 Å². The van der Waals surface area contributed by atoms with Gasteiger partial charge < -0.3 is 0 Å². The summed E-state index contributed by atoms with van der Waals surface area (Å²) in [6, 6.07) is 0. The van der Waals surface area contributed by atoms with E-state index in [0.29, 0.717) is 0 Å². The maximum absolute atomic E-state index is 2.42. The number of hydrogen-bond donors (Lipinski definition) is 0. The molecule has 0 aliphatic heterocycles. The van der Waals surface area contributed by atoms with Crippen LogP contribution in [0.4, 0.5) is 0 Å². The molecule has 0 heterocycles. The molecule has 0 aromatic carbocycles. The molecule has 1 spiro atoms. The van der Waals surface area contributed by atoms with E-state index < -0.39 is 0 Å². The second-order valence-electron chi connectivity index (χ2n) is 24.2. The molecule has 7 saturated carbocycles. The van der Waals surface area contributed by atoms with Gasteiger partial charge >= 0.3 is 0 Å². The van der Waals surface area contributed by atoms with E-state index in [1.165, 1.54) is 38.5 Å². The van der Waals surface area contributed by atoms with Crippen LogP contribution in [0.3, 0.4) is 0 Å². The number of hydrogen-bond acceptors (Lipinski definition) is 0. The van der Waals surface area contributed by atoms with Gasteiger partial charge in [0.1, 0.15) is 0 Å². The van der Waals surface area contributed by atoms with Crippen molar-refractivity contribution in [1.29, 1.82) is 0 Å². The number of fused-ring (bicyclic) bond motifs is 2. The quantitative estimate of drug-likeness (QED) is 0.220. The van der Waals surface area contributed by atoms with Crippen molar-refractivity contribution in [3.63, 3.8) is 0 Å². The first-order valence-corrected chi connectivity index (χ1v) is 24.3. The van der Waals surface area contributed by atoms with Crippen molar-refractivity contribution in [2.45, 2.75) is 222 Å². The molecule has 0 N–H and O–H groups in total. The predicted octanol–water partition coefficient (Wildman–Crippen LogP) is 17.8. The Morgan fingerprint density at radius 3 is 0.685 bits per heavy atom. The summed E-state index contributed by atoms with van der Waals surface area (Å²) in [5, 5.41) is 0. The molecule has 2 bridgehead atoms. The molecule has 0 saturated heterocycles. The smallest absolute Gasteiger partial charge is 0.0287 e. The lowest BCUT2D eigenvalue weighted by Crippen LogP contribution is -2.50. The summed E-state index contributed by atoms with van der Waals surface area (Å²) in [7, 11) is 0. The van der Waals surface area contributed by atoms with Gasteiger partial charge in [-0.1, -0.05) is 126 Å². The Hall–Kier alpha value is 0. The van der Waals surface area contributed by atoms with E-state index in [2.05, 4.69) is 111 Å². The van der Waals surface area contributed by atoms with Crippen LogP contribution in [0.1, 0.15) is 222 Å². The molecular weight excluding hydrogens is 649 g/mol. The molecule has 322 valence electrons. The molecule has 7 aliphatic rings. The van der Waals surface area contributed by atoms with E-state index in [9.17, 15) is 0 Å². The first kappa shape index (κ1) is 50.1. The van der Waals surface area contributed by atoms with Crippen molar-refractivity contribution in [2.24, 2.45) is 124 Å². The molecule has 0 radical (unpaired) electrons. The summed E-state index contributed by atoms with van der Waals surface area (Å²) in [4.78, 5) is 0. The van der Waals surface area contributed by atoms with Crippen LogP contribution in [-0.2, 0) is 0 Å². The van der Waals surface area contributed by atoms with E-state index in [0.717, 1.165) is 124 Å². The van der Waals surface area contributed by atoms with Crippen LogP contribution < -0.4 is 0 Å². The van der Waals surface area contributed by atoms with Crippen LogP contribution in [0.5, 0.6) is 0 Å². The van der Waals surface area contributed by atoms with Gasteiger partial charge in [0.25, 0.3) is 0 Å². The predicted molar refractivity (Wildman–Crippen MR) is 246 cm³/mol. The summed E-state index contributed by atoms with van der Waals surface area (Å²) in [6.07, 6.45) is 23.1. The maximum Gasteiger partial charge on any atom is -0.0287 e. The lowest BCUT2D eigenvalue weighted by molar-refractivity contribution is -0.0955. The van der Waals surface area contributed by atoms with Crippen molar-refractivity contribution in [1.82, 2.24) is 0 Å². The Bertz CT molecular complexity index is 886. The van der Waals surface area contributed by atoms with E-state index >= 15 is 0 Å². The molecule has 0 nitrogen and oxygen atoms in total.